The summed E-state index contributed by atoms with van der Waals surface area (Å²) < 4.78 is 0. The third-order valence-electron chi connectivity index (χ3n) is 5.27. The molecule has 4 nitrogen and oxygen atoms in total. The molecule has 0 amide bonds. The van der Waals surface area contributed by atoms with Gasteiger partial charge in [-0.25, -0.2) is 0 Å². The maximum atomic E-state index is 3.74. The summed E-state index contributed by atoms with van der Waals surface area (Å²) in [6, 6.07) is 1.66. The van der Waals surface area contributed by atoms with Crippen molar-refractivity contribution in [2.24, 2.45) is 0 Å². The van der Waals surface area contributed by atoms with E-state index in [-0.39, 0.29) is 0 Å². The highest BCUT2D eigenvalue weighted by molar-refractivity contribution is 4.86. The van der Waals surface area contributed by atoms with Gasteiger partial charge in [0, 0.05) is 57.9 Å². The van der Waals surface area contributed by atoms with Gasteiger partial charge in [-0.05, 0) is 39.3 Å². The standard InChI is InChI=1S/C16H32N4/c1-18-8-10-19(11-9-18)12-13-20-7-3-2-4-16(20)14-17-15-5-6-15/h15-17H,2-14H2,1H3. The van der Waals surface area contributed by atoms with Crippen molar-refractivity contribution in [3.63, 3.8) is 0 Å². The molecule has 3 rings (SSSR count). The fraction of sp³-hybridized carbons (Fsp3) is 1.00. The van der Waals surface area contributed by atoms with Crippen molar-refractivity contribution < 1.29 is 0 Å². The second-order valence-electron chi connectivity index (χ2n) is 7.01. The van der Waals surface area contributed by atoms with E-state index in [0.29, 0.717) is 0 Å². The van der Waals surface area contributed by atoms with Crippen LogP contribution in [-0.4, -0.2) is 86.2 Å². The van der Waals surface area contributed by atoms with E-state index in [9.17, 15) is 0 Å². The minimum atomic E-state index is 0.803. The number of piperazine rings is 1. The zero-order chi connectivity index (χ0) is 13.8. The number of piperidine rings is 1. The van der Waals surface area contributed by atoms with Gasteiger partial charge in [0.1, 0.15) is 0 Å². The molecule has 1 unspecified atom stereocenters. The van der Waals surface area contributed by atoms with Gasteiger partial charge >= 0.3 is 0 Å². The Hall–Kier alpha value is -0.160. The van der Waals surface area contributed by atoms with E-state index in [4.69, 9.17) is 0 Å². The number of likely N-dealkylation sites (N-methyl/N-ethyl adjacent to an activating group) is 1. The molecule has 0 aromatic rings. The van der Waals surface area contributed by atoms with Crippen LogP contribution < -0.4 is 5.32 Å². The van der Waals surface area contributed by atoms with Crippen LogP contribution in [-0.2, 0) is 0 Å². The van der Waals surface area contributed by atoms with Gasteiger partial charge in [-0.2, -0.15) is 0 Å². The van der Waals surface area contributed by atoms with Crippen molar-refractivity contribution >= 4 is 0 Å². The molecule has 3 aliphatic rings. The topological polar surface area (TPSA) is 21.8 Å². The van der Waals surface area contributed by atoms with Gasteiger partial charge in [-0.1, -0.05) is 6.42 Å². The highest BCUT2D eigenvalue weighted by Gasteiger charge is 2.26. The quantitative estimate of drug-likeness (QED) is 0.778. The van der Waals surface area contributed by atoms with Crippen molar-refractivity contribution in [3.05, 3.63) is 0 Å². The molecule has 1 atom stereocenters. The number of nitrogens with one attached hydrogen (secondary N) is 1. The van der Waals surface area contributed by atoms with Gasteiger partial charge in [0.15, 0.2) is 0 Å². The highest BCUT2D eigenvalue weighted by atomic mass is 15.3. The van der Waals surface area contributed by atoms with Crippen molar-refractivity contribution in [2.45, 2.75) is 44.2 Å². The van der Waals surface area contributed by atoms with E-state index in [1.54, 1.807) is 0 Å². The summed E-state index contributed by atoms with van der Waals surface area (Å²) in [6.45, 7) is 10.1. The second kappa shape index (κ2) is 7.21. The Kier molecular flexibility index (Phi) is 5.32. The van der Waals surface area contributed by atoms with Gasteiger partial charge in [0.25, 0.3) is 0 Å². The van der Waals surface area contributed by atoms with Crippen molar-refractivity contribution in [1.82, 2.24) is 20.0 Å². The van der Waals surface area contributed by atoms with Gasteiger partial charge in [0.05, 0.1) is 0 Å². The van der Waals surface area contributed by atoms with E-state index in [0.717, 1.165) is 12.1 Å². The molecular formula is C16H32N4. The van der Waals surface area contributed by atoms with Gasteiger partial charge < -0.3 is 10.2 Å². The van der Waals surface area contributed by atoms with Crippen LogP contribution in [0.1, 0.15) is 32.1 Å². The normalized spacial score (nSPS) is 30.8. The van der Waals surface area contributed by atoms with Crippen molar-refractivity contribution in [2.75, 3.05) is 59.4 Å². The maximum Gasteiger partial charge on any atom is 0.0221 e. The zero-order valence-electron chi connectivity index (χ0n) is 13.2. The molecule has 3 fully saturated rings. The van der Waals surface area contributed by atoms with Gasteiger partial charge in [-0.15, -0.1) is 0 Å². The van der Waals surface area contributed by atoms with Crippen LogP contribution in [0, 0.1) is 0 Å². The first-order chi connectivity index (χ1) is 9.81. The number of likely N-dealkylation sites (tertiary alicyclic amines) is 1. The molecule has 1 saturated carbocycles. The minimum Gasteiger partial charge on any atom is -0.312 e. The van der Waals surface area contributed by atoms with Crippen LogP contribution in [0.25, 0.3) is 0 Å². The molecule has 2 saturated heterocycles. The Bertz CT molecular complexity index is 284. The summed E-state index contributed by atoms with van der Waals surface area (Å²) in [6.07, 6.45) is 7.06. The Balaban J connectivity index is 1.39. The average molecular weight is 280 g/mol. The zero-order valence-corrected chi connectivity index (χ0v) is 13.2. The summed E-state index contributed by atoms with van der Waals surface area (Å²) in [5, 5.41) is 3.74. The molecule has 0 aromatic heterocycles. The monoisotopic (exact) mass is 280 g/mol. The van der Waals surface area contributed by atoms with E-state index in [1.165, 1.54) is 84.5 Å². The first kappa shape index (κ1) is 14.8. The SMILES string of the molecule is CN1CCN(CCN2CCCCC2CNC2CC2)CC1. The number of hydrogen-bond donors (Lipinski definition) is 1. The Morgan fingerprint density at radius 1 is 0.900 bits per heavy atom. The maximum absolute atomic E-state index is 3.74. The molecule has 1 N–H and O–H groups in total. The Morgan fingerprint density at radius 3 is 2.45 bits per heavy atom. The van der Waals surface area contributed by atoms with Gasteiger partial charge in [-0.3, -0.25) is 9.80 Å². The fourth-order valence-corrected chi connectivity index (χ4v) is 3.52. The smallest absolute Gasteiger partial charge is 0.0221 e. The lowest BCUT2D eigenvalue weighted by Gasteiger charge is -2.39. The Morgan fingerprint density at radius 2 is 1.70 bits per heavy atom. The van der Waals surface area contributed by atoms with Crippen LogP contribution in [0.2, 0.25) is 0 Å². The number of rotatable bonds is 6. The van der Waals surface area contributed by atoms with Crippen LogP contribution in [0.15, 0.2) is 0 Å². The molecule has 2 aliphatic heterocycles. The molecule has 0 aromatic carbocycles. The summed E-state index contributed by atoms with van der Waals surface area (Å²) in [5.74, 6) is 0. The molecular weight excluding hydrogens is 248 g/mol. The fourth-order valence-electron chi connectivity index (χ4n) is 3.52. The predicted octanol–water partition coefficient (Wildman–Crippen LogP) is 0.840. The minimum absolute atomic E-state index is 0.803. The molecule has 0 spiro atoms. The number of hydrogen-bond acceptors (Lipinski definition) is 4. The predicted molar refractivity (Wildman–Crippen MR) is 84.2 cm³/mol. The molecule has 0 radical (unpaired) electrons. The van der Waals surface area contributed by atoms with Crippen LogP contribution in [0.4, 0.5) is 0 Å². The largest absolute Gasteiger partial charge is 0.312 e. The van der Waals surface area contributed by atoms with E-state index in [2.05, 4.69) is 27.1 Å². The first-order valence-electron chi connectivity index (χ1n) is 8.69. The first-order valence-corrected chi connectivity index (χ1v) is 8.69. The highest BCUT2D eigenvalue weighted by Crippen LogP contribution is 2.21. The molecule has 2 heterocycles. The third kappa shape index (κ3) is 4.42. The molecule has 116 valence electrons. The summed E-state index contributed by atoms with van der Waals surface area (Å²) in [7, 11) is 2.24. The van der Waals surface area contributed by atoms with E-state index >= 15 is 0 Å². The van der Waals surface area contributed by atoms with Crippen molar-refractivity contribution in [1.29, 1.82) is 0 Å². The molecule has 1 aliphatic carbocycles. The lowest BCUT2D eigenvalue weighted by atomic mass is 10.0. The summed E-state index contributed by atoms with van der Waals surface area (Å²) >= 11 is 0. The van der Waals surface area contributed by atoms with Gasteiger partial charge in [0.2, 0.25) is 0 Å². The Labute approximate surface area is 124 Å². The molecule has 4 heteroatoms. The van der Waals surface area contributed by atoms with Crippen LogP contribution in [0.5, 0.6) is 0 Å². The lowest BCUT2D eigenvalue weighted by molar-refractivity contribution is 0.101. The third-order valence-corrected chi connectivity index (χ3v) is 5.27. The molecule has 20 heavy (non-hydrogen) atoms. The molecule has 0 bridgehead atoms. The second-order valence-corrected chi connectivity index (χ2v) is 7.01. The average Bonchev–Trinajstić information content (AvgIpc) is 3.30. The summed E-state index contributed by atoms with van der Waals surface area (Å²) in [4.78, 5) is 7.86. The van der Waals surface area contributed by atoms with E-state index < -0.39 is 0 Å². The lowest BCUT2D eigenvalue weighted by Crippen LogP contribution is -2.51. The van der Waals surface area contributed by atoms with Crippen LogP contribution >= 0.6 is 0 Å². The van der Waals surface area contributed by atoms with Crippen LogP contribution in [0.3, 0.4) is 0 Å². The van der Waals surface area contributed by atoms with E-state index in [1.807, 2.05) is 0 Å². The number of nitrogens with zero attached hydrogens (tertiary/aromatic N) is 3. The van der Waals surface area contributed by atoms with Crippen molar-refractivity contribution in [3.8, 4) is 0 Å². The summed E-state index contributed by atoms with van der Waals surface area (Å²) in [5.41, 5.74) is 0.